The van der Waals surface area contributed by atoms with Crippen LogP contribution in [-0.2, 0) is 20.3 Å². The summed E-state index contributed by atoms with van der Waals surface area (Å²) in [5, 5.41) is 0. The molecule has 0 amide bonds. The number of esters is 1. The molecule has 0 heterocycles. The Morgan fingerprint density at radius 3 is 2.56 bits per heavy atom. The molecule has 1 atom stereocenters. The van der Waals surface area contributed by atoms with Crippen LogP contribution in [0, 0.1) is 13.8 Å². The van der Waals surface area contributed by atoms with Gasteiger partial charge in [0.2, 0.25) is 0 Å². The fourth-order valence-corrected chi connectivity index (χ4v) is 2.37. The van der Waals surface area contributed by atoms with Gasteiger partial charge in [-0.05, 0) is 37.1 Å². The molecule has 0 spiro atoms. The zero-order valence-corrected chi connectivity index (χ0v) is 10.6. The lowest BCUT2D eigenvalue weighted by atomic mass is 10.1. The molecule has 0 radical (unpaired) electrons. The second-order valence-electron chi connectivity index (χ2n) is 3.62. The molecule has 0 N–H and O–H groups in total. The molecule has 0 saturated heterocycles. The van der Waals surface area contributed by atoms with Crippen molar-refractivity contribution in [3.05, 3.63) is 29.3 Å². The Bertz CT molecular complexity index is 413. The van der Waals surface area contributed by atoms with Crippen LogP contribution >= 0.6 is 0 Å². The predicted octanol–water partition coefficient (Wildman–Crippen LogP) is 1.97. The summed E-state index contributed by atoms with van der Waals surface area (Å²) < 4.78 is 16.3. The Labute approximate surface area is 98.3 Å². The topological polar surface area (TPSA) is 43.4 Å². The first kappa shape index (κ1) is 12.9. The van der Waals surface area contributed by atoms with Crippen molar-refractivity contribution in [3.8, 4) is 0 Å². The van der Waals surface area contributed by atoms with Gasteiger partial charge in [-0.3, -0.25) is 9.00 Å². The van der Waals surface area contributed by atoms with Crippen LogP contribution in [0.5, 0.6) is 0 Å². The van der Waals surface area contributed by atoms with Crippen molar-refractivity contribution in [1.82, 2.24) is 0 Å². The average Bonchev–Trinajstić information content (AvgIpc) is 2.29. The maximum atomic E-state index is 11.8. The van der Waals surface area contributed by atoms with E-state index in [4.69, 9.17) is 0 Å². The Kier molecular flexibility index (Phi) is 4.68. The third-order valence-electron chi connectivity index (χ3n) is 2.46. The summed E-state index contributed by atoms with van der Waals surface area (Å²) in [5.41, 5.74) is 2.29. The summed E-state index contributed by atoms with van der Waals surface area (Å²) in [6, 6.07) is 5.69. The highest BCUT2D eigenvalue weighted by atomic mass is 32.2. The molecule has 88 valence electrons. The summed E-state index contributed by atoms with van der Waals surface area (Å²) in [6.45, 7) is 3.99. The number of hydrogen-bond acceptors (Lipinski definition) is 3. The van der Waals surface area contributed by atoms with E-state index in [0.717, 1.165) is 10.5 Å². The maximum Gasteiger partial charge on any atom is 0.306 e. The first-order valence-electron chi connectivity index (χ1n) is 5.07. The van der Waals surface area contributed by atoms with Crippen molar-refractivity contribution in [2.24, 2.45) is 0 Å². The third-order valence-corrected chi connectivity index (χ3v) is 3.82. The van der Waals surface area contributed by atoms with E-state index in [0.29, 0.717) is 5.75 Å². The molecule has 4 heteroatoms. The van der Waals surface area contributed by atoms with E-state index in [1.54, 1.807) is 0 Å². The Morgan fingerprint density at radius 1 is 1.31 bits per heavy atom. The number of ether oxygens (including phenoxy) is 1. The second-order valence-corrected chi connectivity index (χ2v) is 5.19. The number of hydrogen-bond donors (Lipinski definition) is 0. The number of carbonyl (C=O) groups excluding carboxylic acids is 1. The van der Waals surface area contributed by atoms with Crippen molar-refractivity contribution >= 4 is 16.8 Å². The second kappa shape index (κ2) is 5.80. The van der Waals surface area contributed by atoms with Gasteiger partial charge in [-0.25, -0.2) is 0 Å². The van der Waals surface area contributed by atoms with Gasteiger partial charge in [-0.2, -0.15) is 0 Å². The first-order valence-corrected chi connectivity index (χ1v) is 6.39. The number of rotatable bonds is 4. The molecule has 0 bridgehead atoms. The highest BCUT2D eigenvalue weighted by Gasteiger charge is 2.08. The van der Waals surface area contributed by atoms with Crippen molar-refractivity contribution in [1.29, 1.82) is 0 Å². The molecule has 1 aromatic rings. The van der Waals surface area contributed by atoms with Gasteiger partial charge in [0, 0.05) is 10.6 Å². The summed E-state index contributed by atoms with van der Waals surface area (Å²) in [5.74, 6) is -0.00740. The van der Waals surface area contributed by atoms with Gasteiger partial charge in [0.1, 0.15) is 0 Å². The molecule has 0 fully saturated rings. The third kappa shape index (κ3) is 3.45. The summed E-state index contributed by atoms with van der Waals surface area (Å²) in [7, 11) is 0.210. The van der Waals surface area contributed by atoms with Crippen LogP contribution in [0.4, 0.5) is 0 Å². The van der Waals surface area contributed by atoms with Crippen LogP contribution in [0.3, 0.4) is 0 Å². The lowest BCUT2D eigenvalue weighted by molar-refractivity contribution is -0.140. The largest absolute Gasteiger partial charge is 0.469 e. The van der Waals surface area contributed by atoms with E-state index in [9.17, 15) is 9.00 Å². The van der Waals surface area contributed by atoms with Gasteiger partial charge >= 0.3 is 5.97 Å². The maximum absolute atomic E-state index is 11.8. The number of benzene rings is 1. The predicted molar refractivity (Wildman–Crippen MR) is 63.8 cm³/mol. The minimum Gasteiger partial charge on any atom is -0.469 e. The molecule has 1 unspecified atom stereocenters. The van der Waals surface area contributed by atoms with Crippen molar-refractivity contribution in [2.75, 3.05) is 12.9 Å². The highest BCUT2D eigenvalue weighted by Crippen LogP contribution is 2.13. The van der Waals surface area contributed by atoms with Crippen LogP contribution in [-0.4, -0.2) is 23.0 Å². The van der Waals surface area contributed by atoms with E-state index in [1.165, 1.54) is 12.7 Å². The van der Waals surface area contributed by atoms with Gasteiger partial charge in [0.15, 0.2) is 0 Å². The molecule has 1 aromatic carbocycles. The summed E-state index contributed by atoms with van der Waals surface area (Å²) in [4.78, 5) is 11.7. The SMILES string of the molecule is COC(=O)CCS(=O)c1ccc(C)c(C)c1. The van der Waals surface area contributed by atoms with Crippen LogP contribution < -0.4 is 0 Å². The lowest BCUT2D eigenvalue weighted by Crippen LogP contribution is -2.07. The van der Waals surface area contributed by atoms with Crippen LogP contribution in [0.25, 0.3) is 0 Å². The Hall–Kier alpha value is -1.16. The van der Waals surface area contributed by atoms with Gasteiger partial charge < -0.3 is 4.74 Å². The first-order chi connectivity index (χ1) is 7.54. The van der Waals surface area contributed by atoms with Crippen LogP contribution in [0.2, 0.25) is 0 Å². The Morgan fingerprint density at radius 2 is 2.00 bits per heavy atom. The summed E-state index contributed by atoms with van der Waals surface area (Å²) in [6.07, 6.45) is 0.191. The quantitative estimate of drug-likeness (QED) is 0.756. The van der Waals surface area contributed by atoms with E-state index in [1.807, 2.05) is 32.0 Å². The zero-order chi connectivity index (χ0) is 12.1. The standard InChI is InChI=1S/C12H16O3S/c1-9-4-5-11(8-10(9)2)16(14)7-6-12(13)15-3/h4-5,8H,6-7H2,1-3H3. The minimum atomic E-state index is -1.12. The van der Waals surface area contributed by atoms with Gasteiger partial charge in [0.05, 0.1) is 24.3 Å². The molecule has 0 aliphatic heterocycles. The van der Waals surface area contributed by atoms with E-state index in [-0.39, 0.29) is 12.4 Å². The molecular weight excluding hydrogens is 224 g/mol. The smallest absolute Gasteiger partial charge is 0.306 e. The molecule has 0 aliphatic carbocycles. The molecule has 0 aliphatic rings. The number of carbonyl (C=O) groups is 1. The minimum absolute atomic E-state index is 0.191. The molecule has 3 nitrogen and oxygen atoms in total. The summed E-state index contributed by atoms with van der Waals surface area (Å²) >= 11 is 0. The van der Waals surface area contributed by atoms with Crippen molar-refractivity contribution < 1.29 is 13.7 Å². The van der Waals surface area contributed by atoms with Crippen molar-refractivity contribution in [3.63, 3.8) is 0 Å². The number of methoxy groups -OCH3 is 1. The average molecular weight is 240 g/mol. The monoisotopic (exact) mass is 240 g/mol. The lowest BCUT2D eigenvalue weighted by Gasteiger charge is -2.05. The molecular formula is C12H16O3S. The van der Waals surface area contributed by atoms with Crippen LogP contribution in [0.15, 0.2) is 23.1 Å². The molecule has 1 rings (SSSR count). The van der Waals surface area contributed by atoms with Crippen LogP contribution in [0.1, 0.15) is 17.5 Å². The normalized spacial score (nSPS) is 12.2. The Balaban J connectivity index is 2.66. The van der Waals surface area contributed by atoms with E-state index in [2.05, 4.69) is 4.74 Å². The molecule has 0 aromatic heterocycles. The van der Waals surface area contributed by atoms with Crippen molar-refractivity contribution in [2.45, 2.75) is 25.2 Å². The van der Waals surface area contributed by atoms with E-state index >= 15 is 0 Å². The van der Waals surface area contributed by atoms with Gasteiger partial charge in [-0.15, -0.1) is 0 Å². The van der Waals surface area contributed by atoms with Gasteiger partial charge in [0.25, 0.3) is 0 Å². The fourth-order valence-electron chi connectivity index (χ4n) is 1.25. The van der Waals surface area contributed by atoms with E-state index < -0.39 is 10.8 Å². The molecule has 0 saturated carbocycles. The van der Waals surface area contributed by atoms with Gasteiger partial charge in [-0.1, -0.05) is 6.07 Å². The number of aryl methyl sites for hydroxylation is 2. The fraction of sp³-hybridized carbons (Fsp3) is 0.417. The zero-order valence-electron chi connectivity index (χ0n) is 9.78. The highest BCUT2D eigenvalue weighted by molar-refractivity contribution is 7.85. The molecule has 16 heavy (non-hydrogen) atoms.